The number of hydrogen-bond donors (Lipinski definition) is 1. The summed E-state index contributed by atoms with van der Waals surface area (Å²) in [6.07, 6.45) is 1.59. The molecule has 1 N–H and O–H groups in total. The van der Waals surface area contributed by atoms with Crippen molar-refractivity contribution in [3.63, 3.8) is 0 Å². The second-order valence-corrected chi connectivity index (χ2v) is 13.8. The second-order valence-electron chi connectivity index (χ2n) is 11.4. The van der Waals surface area contributed by atoms with E-state index in [1.54, 1.807) is 11.8 Å². The fourth-order valence-electron chi connectivity index (χ4n) is 6.22. The number of ether oxygens (including phenoxy) is 1. The minimum absolute atomic E-state index is 0.283. The summed E-state index contributed by atoms with van der Waals surface area (Å²) in [4.78, 5) is 13.8. The Morgan fingerprint density at radius 2 is 1.93 bits per heavy atom. The SMILES string of the molecule is Cc1cc2cc(c1)SCC1CC(=NN1C)CSCc1nn(C)c(C)c1-c1c(Cl)ccc3c1c(C)c(C(=O)O)n3CCCO2. The maximum absolute atomic E-state index is 12.6. The highest BCUT2D eigenvalue weighted by Crippen LogP contribution is 2.43. The monoisotopic (exact) mass is 637 g/mol. The van der Waals surface area contributed by atoms with Gasteiger partial charge in [-0.1, -0.05) is 11.6 Å². The van der Waals surface area contributed by atoms with E-state index in [0.717, 1.165) is 62.7 Å². The largest absolute Gasteiger partial charge is 0.493 e. The van der Waals surface area contributed by atoms with Crippen LogP contribution < -0.4 is 4.74 Å². The van der Waals surface area contributed by atoms with Gasteiger partial charge in [0, 0.05) is 82.0 Å². The minimum Gasteiger partial charge on any atom is -0.493 e. The Balaban J connectivity index is 1.45. The van der Waals surface area contributed by atoms with Crippen LogP contribution in [0.5, 0.6) is 5.75 Å². The Morgan fingerprint density at radius 3 is 2.72 bits per heavy atom. The standard InChI is InChI=1S/C32H36ClN5O3S2/c1-18-11-23-14-24(12-18)43-16-22-13-21(34-37(22)5)15-42-17-26-29(20(3)36(4)35-26)30-25(33)7-8-27-28(30)19(2)31(32(39)40)38(27)9-6-10-41-23/h7-8,11-12,14,22H,6,9-10,13,15-17H2,1-5H3,(H,39,40). The molecule has 0 fully saturated rings. The number of fused-ring (bicyclic) bond motifs is 6. The number of nitrogens with zero attached hydrogens (tertiary/aromatic N) is 5. The van der Waals surface area contributed by atoms with Gasteiger partial charge in [0.1, 0.15) is 11.4 Å². The average Bonchev–Trinajstić information content (AvgIpc) is 3.55. The molecule has 226 valence electrons. The minimum atomic E-state index is -0.953. The van der Waals surface area contributed by atoms with E-state index >= 15 is 0 Å². The fraction of sp³-hybridized carbons (Fsp3) is 0.406. The number of carbonyl (C=O) groups is 1. The summed E-state index contributed by atoms with van der Waals surface area (Å²) in [5.74, 6) is 2.34. The molecule has 0 spiro atoms. The van der Waals surface area contributed by atoms with Gasteiger partial charge in [-0.15, -0.1) is 23.5 Å². The molecule has 2 aliphatic rings. The molecule has 1 atom stereocenters. The van der Waals surface area contributed by atoms with Crippen LogP contribution in [0, 0.1) is 20.8 Å². The first kappa shape index (κ1) is 30.0. The van der Waals surface area contributed by atoms with Crippen LogP contribution in [0.1, 0.15) is 45.8 Å². The number of halogens is 1. The normalized spacial score (nSPS) is 17.9. The van der Waals surface area contributed by atoms with Crippen LogP contribution in [0.4, 0.5) is 0 Å². The molecular formula is C32H36ClN5O3S2. The maximum Gasteiger partial charge on any atom is 0.352 e. The van der Waals surface area contributed by atoms with Crippen molar-refractivity contribution in [1.82, 2.24) is 19.4 Å². The lowest BCUT2D eigenvalue weighted by Crippen LogP contribution is -2.25. The van der Waals surface area contributed by atoms with E-state index < -0.39 is 5.97 Å². The fourth-order valence-corrected chi connectivity index (χ4v) is 8.57. The number of aromatic nitrogens is 3. The van der Waals surface area contributed by atoms with Gasteiger partial charge in [0.05, 0.1) is 24.1 Å². The number of aryl methyl sites for hydroxylation is 4. The number of rotatable bonds is 1. The molecule has 1 unspecified atom stereocenters. The molecule has 4 heterocycles. The molecule has 0 amide bonds. The average molecular weight is 638 g/mol. The number of carboxylic acids is 1. The van der Waals surface area contributed by atoms with Crippen molar-refractivity contribution in [2.45, 2.75) is 56.8 Å². The highest BCUT2D eigenvalue weighted by Gasteiger charge is 2.28. The molecule has 0 saturated heterocycles. The lowest BCUT2D eigenvalue weighted by Gasteiger charge is -2.18. The Kier molecular flexibility index (Phi) is 8.45. The highest BCUT2D eigenvalue weighted by atomic mass is 35.5. The van der Waals surface area contributed by atoms with Crippen molar-refractivity contribution in [2.24, 2.45) is 12.1 Å². The van der Waals surface area contributed by atoms with Crippen molar-refractivity contribution >= 4 is 57.7 Å². The second kappa shape index (κ2) is 12.1. The third kappa shape index (κ3) is 5.77. The quantitative estimate of drug-likeness (QED) is 0.237. The lowest BCUT2D eigenvalue weighted by molar-refractivity contribution is 0.0684. The van der Waals surface area contributed by atoms with Crippen LogP contribution in [-0.2, 0) is 19.3 Å². The Labute approximate surface area is 265 Å². The van der Waals surface area contributed by atoms with Crippen molar-refractivity contribution in [3.05, 3.63) is 63.6 Å². The van der Waals surface area contributed by atoms with Crippen molar-refractivity contribution < 1.29 is 14.6 Å². The maximum atomic E-state index is 12.6. The van der Waals surface area contributed by atoms with Gasteiger partial charge in [0.25, 0.3) is 0 Å². The van der Waals surface area contributed by atoms with E-state index in [1.807, 2.05) is 54.0 Å². The van der Waals surface area contributed by atoms with Gasteiger partial charge < -0.3 is 14.4 Å². The van der Waals surface area contributed by atoms with E-state index in [1.165, 1.54) is 10.6 Å². The van der Waals surface area contributed by atoms with Gasteiger partial charge in [0.2, 0.25) is 0 Å². The first-order chi connectivity index (χ1) is 20.6. The van der Waals surface area contributed by atoms with Crippen LogP contribution >= 0.6 is 35.1 Å². The Morgan fingerprint density at radius 1 is 1.12 bits per heavy atom. The van der Waals surface area contributed by atoms with Crippen LogP contribution in [0.3, 0.4) is 0 Å². The van der Waals surface area contributed by atoms with E-state index in [9.17, 15) is 9.90 Å². The van der Waals surface area contributed by atoms with E-state index in [0.29, 0.717) is 42.0 Å². The smallest absolute Gasteiger partial charge is 0.352 e. The van der Waals surface area contributed by atoms with Gasteiger partial charge in [-0.3, -0.25) is 9.69 Å². The number of hydrazone groups is 1. The summed E-state index contributed by atoms with van der Waals surface area (Å²) in [6, 6.07) is 10.5. The summed E-state index contributed by atoms with van der Waals surface area (Å²) in [5.41, 5.74) is 7.94. The summed E-state index contributed by atoms with van der Waals surface area (Å²) < 4.78 is 10.0. The number of hydrogen-bond acceptors (Lipinski definition) is 7. The predicted molar refractivity (Wildman–Crippen MR) is 177 cm³/mol. The zero-order valence-corrected chi connectivity index (χ0v) is 27.5. The van der Waals surface area contributed by atoms with Gasteiger partial charge in [-0.25, -0.2) is 4.79 Å². The van der Waals surface area contributed by atoms with Gasteiger partial charge in [-0.05, 0) is 68.7 Å². The van der Waals surface area contributed by atoms with Crippen molar-refractivity contribution in [1.29, 1.82) is 0 Å². The van der Waals surface area contributed by atoms with Crippen molar-refractivity contribution in [2.75, 3.05) is 25.2 Å². The zero-order valence-electron chi connectivity index (χ0n) is 25.1. The van der Waals surface area contributed by atoms with E-state index in [-0.39, 0.29) is 5.69 Å². The van der Waals surface area contributed by atoms with E-state index in [2.05, 4.69) is 37.2 Å². The molecule has 0 aliphatic carbocycles. The Bertz CT molecular complexity index is 1760. The van der Waals surface area contributed by atoms with Gasteiger partial charge >= 0.3 is 5.97 Å². The summed E-state index contributed by atoms with van der Waals surface area (Å²) >= 11 is 10.6. The molecular weight excluding hydrogens is 602 g/mol. The molecule has 0 radical (unpaired) electrons. The Hall–Kier alpha value is -3.08. The third-order valence-electron chi connectivity index (χ3n) is 8.35. The number of carboxylic acid groups (broad SMARTS) is 1. The predicted octanol–water partition coefficient (Wildman–Crippen LogP) is 7.19. The molecule has 0 saturated carbocycles. The summed E-state index contributed by atoms with van der Waals surface area (Å²) in [6.45, 7) is 6.99. The number of aromatic carboxylic acids is 1. The summed E-state index contributed by atoms with van der Waals surface area (Å²) in [5, 5.41) is 23.7. The van der Waals surface area contributed by atoms with Crippen LogP contribution in [0.15, 0.2) is 40.3 Å². The van der Waals surface area contributed by atoms with Gasteiger partial charge in [0.15, 0.2) is 0 Å². The molecule has 4 aromatic rings. The number of benzene rings is 2. The van der Waals surface area contributed by atoms with Crippen LogP contribution in [0.25, 0.3) is 22.0 Å². The summed E-state index contributed by atoms with van der Waals surface area (Å²) in [7, 11) is 4.01. The molecule has 2 aromatic carbocycles. The number of thioether (sulfide) groups is 2. The molecule has 43 heavy (non-hydrogen) atoms. The first-order valence-electron chi connectivity index (χ1n) is 14.4. The lowest BCUT2D eigenvalue weighted by atomic mass is 9.97. The molecule has 8 bridgehead atoms. The highest BCUT2D eigenvalue weighted by molar-refractivity contribution is 7.99. The van der Waals surface area contributed by atoms with Crippen LogP contribution in [0.2, 0.25) is 5.02 Å². The first-order valence-corrected chi connectivity index (χ1v) is 17.0. The van der Waals surface area contributed by atoms with Crippen LogP contribution in [-0.4, -0.2) is 67.3 Å². The van der Waals surface area contributed by atoms with E-state index in [4.69, 9.17) is 26.5 Å². The molecule has 2 aromatic heterocycles. The topological polar surface area (TPSA) is 84.9 Å². The molecule has 11 heteroatoms. The third-order valence-corrected chi connectivity index (χ3v) is 10.8. The zero-order chi connectivity index (χ0) is 30.4. The van der Waals surface area contributed by atoms with Gasteiger partial charge in [-0.2, -0.15) is 10.2 Å². The molecule has 8 nitrogen and oxygen atoms in total. The molecule has 6 rings (SSSR count). The molecule has 2 aliphatic heterocycles. The van der Waals surface area contributed by atoms with Crippen molar-refractivity contribution in [3.8, 4) is 16.9 Å².